The molecule has 5 atom stereocenters. The van der Waals surface area contributed by atoms with Gasteiger partial charge in [0.25, 0.3) is 0 Å². The summed E-state index contributed by atoms with van der Waals surface area (Å²) >= 11 is 0. The molecule has 1 fully saturated rings. The molecule has 5 unspecified atom stereocenters. The van der Waals surface area contributed by atoms with Gasteiger partial charge < -0.3 is 10.1 Å². The largest absolute Gasteiger partial charge is 0.375 e. The third kappa shape index (κ3) is 2.86. The van der Waals surface area contributed by atoms with Crippen molar-refractivity contribution >= 4 is 0 Å². The molecule has 94 valence electrons. The molecule has 1 aliphatic heterocycles. The fraction of sp³-hybridized carbons (Fsp3) is 0.857. The van der Waals surface area contributed by atoms with E-state index in [9.17, 15) is 0 Å². The molecule has 1 aliphatic rings. The normalized spacial score (nSPS) is 36.3. The molecule has 0 amide bonds. The minimum Gasteiger partial charge on any atom is -0.375 e. The Hall–Kier alpha value is -0.340. The van der Waals surface area contributed by atoms with Gasteiger partial charge in [-0.25, -0.2) is 0 Å². The fourth-order valence-electron chi connectivity index (χ4n) is 2.87. The summed E-state index contributed by atoms with van der Waals surface area (Å²) in [7, 11) is 2.05. The van der Waals surface area contributed by atoms with E-state index in [2.05, 4.69) is 46.6 Å². The first-order valence-corrected chi connectivity index (χ1v) is 6.50. The van der Waals surface area contributed by atoms with Gasteiger partial charge in [0.15, 0.2) is 0 Å². The quantitative estimate of drug-likeness (QED) is 0.726. The number of nitrogens with one attached hydrogen (secondary N) is 1. The summed E-state index contributed by atoms with van der Waals surface area (Å²) in [6, 6.07) is 0.502. The molecule has 0 bridgehead atoms. The summed E-state index contributed by atoms with van der Waals surface area (Å²) in [5, 5.41) is 3.45. The highest BCUT2D eigenvalue weighted by Gasteiger charge is 2.40. The zero-order valence-corrected chi connectivity index (χ0v) is 11.4. The Balaban J connectivity index is 2.68. The van der Waals surface area contributed by atoms with Crippen LogP contribution < -0.4 is 5.32 Å². The van der Waals surface area contributed by atoms with E-state index in [1.54, 1.807) is 0 Å². The van der Waals surface area contributed by atoms with Crippen molar-refractivity contribution < 1.29 is 4.74 Å². The molecule has 0 aromatic heterocycles. The Bertz CT molecular complexity index is 239. The van der Waals surface area contributed by atoms with E-state index in [1.165, 1.54) is 5.57 Å². The first-order valence-electron chi connectivity index (χ1n) is 6.50. The number of hydrogen-bond acceptors (Lipinski definition) is 2. The standard InChI is InChI=1S/C14H27NO/c1-7-9(2)8-13(15-6)14-10(3)11(4)16-12(14)5/h10-15H,2,7-8H2,1,3-6H3. The Kier molecular flexibility index (Phi) is 5.00. The molecular formula is C14H27NO. The lowest BCUT2D eigenvalue weighted by atomic mass is 9.81. The first-order chi connectivity index (χ1) is 7.51. The second-order valence-electron chi connectivity index (χ2n) is 5.19. The molecule has 2 nitrogen and oxygen atoms in total. The Morgan fingerprint density at radius 2 is 1.94 bits per heavy atom. The van der Waals surface area contributed by atoms with Gasteiger partial charge in [-0.2, -0.15) is 0 Å². The topological polar surface area (TPSA) is 21.3 Å². The summed E-state index contributed by atoms with van der Waals surface area (Å²) in [5.41, 5.74) is 1.33. The number of rotatable bonds is 5. The predicted molar refractivity (Wildman–Crippen MR) is 69.6 cm³/mol. The lowest BCUT2D eigenvalue weighted by Gasteiger charge is -2.29. The minimum absolute atomic E-state index is 0.354. The van der Waals surface area contributed by atoms with Crippen LogP contribution in [-0.2, 0) is 4.74 Å². The van der Waals surface area contributed by atoms with Gasteiger partial charge in [-0.3, -0.25) is 0 Å². The van der Waals surface area contributed by atoms with Crippen molar-refractivity contribution in [1.82, 2.24) is 5.32 Å². The molecule has 16 heavy (non-hydrogen) atoms. The third-order valence-corrected chi connectivity index (χ3v) is 4.16. The molecule has 0 radical (unpaired) electrons. The van der Waals surface area contributed by atoms with Crippen LogP contribution in [-0.4, -0.2) is 25.3 Å². The summed E-state index contributed by atoms with van der Waals surface area (Å²) in [6.45, 7) is 13.0. The molecule has 0 saturated carbocycles. The zero-order valence-electron chi connectivity index (χ0n) is 11.4. The van der Waals surface area contributed by atoms with Gasteiger partial charge in [-0.1, -0.05) is 26.0 Å². The first kappa shape index (κ1) is 13.7. The van der Waals surface area contributed by atoms with Crippen molar-refractivity contribution in [2.45, 2.75) is 58.8 Å². The molecule has 2 heteroatoms. The van der Waals surface area contributed by atoms with E-state index < -0.39 is 0 Å². The van der Waals surface area contributed by atoms with Gasteiger partial charge in [-0.15, -0.1) is 0 Å². The van der Waals surface area contributed by atoms with Crippen LogP contribution in [0, 0.1) is 11.8 Å². The van der Waals surface area contributed by atoms with Gasteiger partial charge >= 0.3 is 0 Å². The predicted octanol–water partition coefficient (Wildman–Crippen LogP) is 2.99. The molecule has 0 aromatic rings. The third-order valence-electron chi connectivity index (χ3n) is 4.16. The maximum Gasteiger partial charge on any atom is 0.0597 e. The monoisotopic (exact) mass is 225 g/mol. The maximum absolute atomic E-state index is 5.91. The van der Waals surface area contributed by atoms with E-state index in [0.29, 0.717) is 30.1 Å². The van der Waals surface area contributed by atoms with Crippen molar-refractivity contribution in [3.8, 4) is 0 Å². The van der Waals surface area contributed by atoms with Crippen LogP contribution in [0.15, 0.2) is 12.2 Å². The molecular weight excluding hydrogens is 198 g/mol. The Labute approximate surface area is 100 Å². The van der Waals surface area contributed by atoms with Gasteiger partial charge in [0.2, 0.25) is 0 Å². The highest BCUT2D eigenvalue weighted by molar-refractivity contribution is 5.01. The molecule has 1 saturated heterocycles. The summed E-state index contributed by atoms with van der Waals surface area (Å²) < 4.78 is 5.91. The van der Waals surface area contributed by atoms with Crippen molar-refractivity contribution in [3.05, 3.63) is 12.2 Å². The molecule has 0 spiro atoms. The number of hydrogen-bond donors (Lipinski definition) is 1. The average Bonchev–Trinajstić information content (AvgIpc) is 2.50. The SMILES string of the molecule is C=C(CC)CC(NC)C1C(C)OC(C)C1C. The van der Waals surface area contributed by atoms with Gasteiger partial charge in [0.05, 0.1) is 12.2 Å². The highest BCUT2D eigenvalue weighted by Crippen LogP contribution is 2.36. The average molecular weight is 225 g/mol. The lowest BCUT2D eigenvalue weighted by Crippen LogP contribution is -2.40. The zero-order chi connectivity index (χ0) is 12.3. The van der Waals surface area contributed by atoms with Crippen LogP contribution in [0.5, 0.6) is 0 Å². The smallest absolute Gasteiger partial charge is 0.0597 e. The van der Waals surface area contributed by atoms with Gasteiger partial charge in [0.1, 0.15) is 0 Å². The van der Waals surface area contributed by atoms with Crippen LogP contribution in [0.25, 0.3) is 0 Å². The Morgan fingerprint density at radius 3 is 2.31 bits per heavy atom. The molecule has 0 aromatic carbocycles. The van der Waals surface area contributed by atoms with Gasteiger partial charge in [-0.05, 0) is 39.7 Å². The molecule has 0 aliphatic carbocycles. The molecule has 1 heterocycles. The van der Waals surface area contributed by atoms with Crippen molar-refractivity contribution in [3.63, 3.8) is 0 Å². The fourth-order valence-corrected chi connectivity index (χ4v) is 2.87. The second-order valence-corrected chi connectivity index (χ2v) is 5.19. The van der Waals surface area contributed by atoms with Crippen LogP contribution >= 0.6 is 0 Å². The lowest BCUT2D eigenvalue weighted by molar-refractivity contribution is 0.0478. The van der Waals surface area contributed by atoms with Crippen molar-refractivity contribution in [1.29, 1.82) is 0 Å². The van der Waals surface area contributed by atoms with Crippen molar-refractivity contribution in [2.75, 3.05) is 7.05 Å². The highest BCUT2D eigenvalue weighted by atomic mass is 16.5. The summed E-state index contributed by atoms with van der Waals surface area (Å²) in [4.78, 5) is 0. The van der Waals surface area contributed by atoms with Crippen molar-refractivity contribution in [2.24, 2.45) is 11.8 Å². The van der Waals surface area contributed by atoms with Crippen LogP contribution in [0.3, 0.4) is 0 Å². The van der Waals surface area contributed by atoms with Crippen LogP contribution in [0.4, 0.5) is 0 Å². The van der Waals surface area contributed by atoms with E-state index in [-0.39, 0.29) is 0 Å². The molecule has 1 rings (SSSR count). The van der Waals surface area contributed by atoms with E-state index >= 15 is 0 Å². The van der Waals surface area contributed by atoms with Crippen LogP contribution in [0.2, 0.25) is 0 Å². The van der Waals surface area contributed by atoms with Crippen LogP contribution in [0.1, 0.15) is 40.5 Å². The Morgan fingerprint density at radius 1 is 1.31 bits per heavy atom. The number of ether oxygens (including phenoxy) is 1. The minimum atomic E-state index is 0.354. The van der Waals surface area contributed by atoms with E-state index in [4.69, 9.17) is 4.74 Å². The maximum atomic E-state index is 5.91. The summed E-state index contributed by atoms with van der Waals surface area (Å²) in [6.07, 6.45) is 2.88. The van der Waals surface area contributed by atoms with E-state index in [1.807, 2.05) is 0 Å². The van der Waals surface area contributed by atoms with E-state index in [0.717, 1.165) is 12.8 Å². The van der Waals surface area contributed by atoms with Gasteiger partial charge in [0, 0.05) is 12.0 Å². The second kappa shape index (κ2) is 5.83. The summed E-state index contributed by atoms with van der Waals surface area (Å²) in [5.74, 6) is 1.22. The molecule has 1 N–H and O–H groups in total.